The Morgan fingerprint density at radius 1 is 1.05 bits per heavy atom. The zero-order chi connectivity index (χ0) is 14.7. The summed E-state index contributed by atoms with van der Waals surface area (Å²) < 4.78 is 39.2. The second-order valence-electron chi connectivity index (χ2n) is 4.52. The Bertz CT molecular complexity index is 616. The van der Waals surface area contributed by atoms with Crippen LogP contribution in [0.5, 0.6) is 0 Å². The largest absolute Gasteiger partial charge is 0.386 e. The van der Waals surface area contributed by atoms with Crippen LogP contribution in [0.1, 0.15) is 17.2 Å². The number of aliphatic hydroxyl groups excluding tert-OH is 1. The topological polar surface area (TPSA) is 32.3 Å². The van der Waals surface area contributed by atoms with Gasteiger partial charge in [-0.1, -0.05) is 6.07 Å². The molecule has 0 radical (unpaired) electrons. The zero-order valence-electron chi connectivity index (χ0n) is 10.8. The van der Waals surface area contributed by atoms with E-state index >= 15 is 0 Å². The van der Waals surface area contributed by atoms with E-state index in [0.29, 0.717) is 11.3 Å². The first kappa shape index (κ1) is 14.4. The molecule has 0 aliphatic heterocycles. The second-order valence-corrected chi connectivity index (χ2v) is 4.52. The first-order valence-electron chi connectivity index (χ1n) is 6.10. The number of aliphatic hydroxyl groups is 1. The van der Waals surface area contributed by atoms with Gasteiger partial charge in [-0.25, -0.2) is 13.2 Å². The molecule has 20 heavy (non-hydrogen) atoms. The molecule has 2 nitrogen and oxygen atoms in total. The molecular weight excluding hydrogens is 267 g/mol. The number of halogens is 3. The minimum Gasteiger partial charge on any atom is -0.386 e. The van der Waals surface area contributed by atoms with Crippen molar-refractivity contribution in [2.24, 2.45) is 0 Å². The standard InChI is InChI=1S/C15H14F3NO/c1-9-6-10(16)3-5-14(9)19-8-15(20)12-4-2-11(17)7-13(12)18/h2-7,15,19-20H,8H2,1H3. The van der Waals surface area contributed by atoms with E-state index in [9.17, 15) is 18.3 Å². The third-order valence-corrected chi connectivity index (χ3v) is 3.00. The van der Waals surface area contributed by atoms with Crippen molar-refractivity contribution in [3.05, 3.63) is 65.0 Å². The van der Waals surface area contributed by atoms with Crippen LogP contribution in [0, 0.1) is 24.4 Å². The normalized spacial score (nSPS) is 12.2. The van der Waals surface area contributed by atoms with Gasteiger partial charge in [-0.3, -0.25) is 0 Å². The van der Waals surface area contributed by atoms with Gasteiger partial charge in [0.1, 0.15) is 17.5 Å². The van der Waals surface area contributed by atoms with Gasteiger partial charge in [0.25, 0.3) is 0 Å². The highest BCUT2D eigenvalue weighted by molar-refractivity contribution is 5.50. The van der Waals surface area contributed by atoms with Gasteiger partial charge in [0, 0.05) is 23.9 Å². The maximum atomic E-state index is 13.5. The predicted octanol–water partition coefficient (Wildman–Crippen LogP) is 3.56. The lowest BCUT2D eigenvalue weighted by molar-refractivity contribution is 0.186. The van der Waals surface area contributed by atoms with E-state index in [2.05, 4.69) is 5.32 Å². The van der Waals surface area contributed by atoms with Crippen LogP contribution in [-0.2, 0) is 0 Å². The van der Waals surface area contributed by atoms with E-state index < -0.39 is 17.7 Å². The summed E-state index contributed by atoms with van der Waals surface area (Å²) in [5, 5.41) is 12.8. The lowest BCUT2D eigenvalue weighted by atomic mass is 10.1. The molecule has 106 valence electrons. The quantitative estimate of drug-likeness (QED) is 0.898. The molecule has 0 aromatic heterocycles. The molecule has 5 heteroatoms. The van der Waals surface area contributed by atoms with E-state index in [0.717, 1.165) is 12.1 Å². The smallest absolute Gasteiger partial charge is 0.131 e. The number of hydrogen-bond donors (Lipinski definition) is 2. The van der Waals surface area contributed by atoms with Gasteiger partial charge in [0.05, 0.1) is 6.10 Å². The number of hydrogen-bond acceptors (Lipinski definition) is 2. The van der Waals surface area contributed by atoms with Crippen molar-refractivity contribution in [1.82, 2.24) is 0 Å². The molecule has 1 unspecified atom stereocenters. The molecule has 2 aromatic carbocycles. The third-order valence-electron chi connectivity index (χ3n) is 3.00. The number of rotatable bonds is 4. The summed E-state index contributed by atoms with van der Waals surface area (Å²) in [5.74, 6) is -1.84. The van der Waals surface area contributed by atoms with Crippen molar-refractivity contribution >= 4 is 5.69 Å². The van der Waals surface area contributed by atoms with E-state index in [1.807, 2.05) is 0 Å². The summed E-state index contributed by atoms with van der Waals surface area (Å²) >= 11 is 0. The van der Waals surface area contributed by atoms with Crippen molar-refractivity contribution in [2.75, 3.05) is 11.9 Å². The van der Waals surface area contributed by atoms with Gasteiger partial charge >= 0.3 is 0 Å². The monoisotopic (exact) mass is 281 g/mol. The maximum Gasteiger partial charge on any atom is 0.131 e. The van der Waals surface area contributed by atoms with Gasteiger partial charge in [0.15, 0.2) is 0 Å². The molecule has 0 aliphatic rings. The fraction of sp³-hybridized carbons (Fsp3) is 0.200. The molecule has 2 aromatic rings. The highest BCUT2D eigenvalue weighted by atomic mass is 19.1. The lowest BCUT2D eigenvalue weighted by Gasteiger charge is -2.15. The Labute approximate surface area is 114 Å². The van der Waals surface area contributed by atoms with Gasteiger partial charge in [-0.15, -0.1) is 0 Å². The van der Waals surface area contributed by atoms with Gasteiger partial charge in [-0.05, 0) is 36.8 Å². The second kappa shape index (κ2) is 5.96. The molecular formula is C15H14F3NO. The van der Waals surface area contributed by atoms with E-state index in [-0.39, 0.29) is 17.9 Å². The lowest BCUT2D eigenvalue weighted by Crippen LogP contribution is -2.14. The summed E-state index contributed by atoms with van der Waals surface area (Å²) in [5.41, 5.74) is 1.34. The van der Waals surface area contributed by atoms with Gasteiger partial charge < -0.3 is 10.4 Å². The number of anilines is 1. The van der Waals surface area contributed by atoms with Crippen LogP contribution in [0.2, 0.25) is 0 Å². The minimum absolute atomic E-state index is 0.0127. The van der Waals surface area contributed by atoms with E-state index in [1.165, 1.54) is 18.2 Å². The van der Waals surface area contributed by atoms with Crippen LogP contribution in [-0.4, -0.2) is 11.7 Å². The van der Waals surface area contributed by atoms with Crippen molar-refractivity contribution in [3.63, 3.8) is 0 Å². The first-order valence-corrected chi connectivity index (χ1v) is 6.10. The van der Waals surface area contributed by atoms with Gasteiger partial charge in [0.2, 0.25) is 0 Å². The highest BCUT2D eigenvalue weighted by Crippen LogP contribution is 2.20. The summed E-state index contributed by atoms with van der Waals surface area (Å²) in [6.45, 7) is 1.76. The Balaban J connectivity index is 2.06. The summed E-state index contributed by atoms with van der Waals surface area (Å²) in [4.78, 5) is 0. The molecule has 0 amide bonds. The van der Waals surface area contributed by atoms with Crippen LogP contribution in [0.4, 0.5) is 18.9 Å². The molecule has 0 heterocycles. The number of aryl methyl sites for hydroxylation is 1. The molecule has 2 rings (SSSR count). The van der Waals surface area contributed by atoms with Crippen molar-refractivity contribution < 1.29 is 18.3 Å². The van der Waals surface area contributed by atoms with E-state index in [4.69, 9.17) is 0 Å². The summed E-state index contributed by atoms with van der Waals surface area (Å²) in [7, 11) is 0. The molecule has 0 aliphatic carbocycles. The molecule has 0 saturated heterocycles. The van der Waals surface area contributed by atoms with Crippen molar-refractivity contribution in [3.8, 4) is 0 Å². The molecule has 1 atom stereocenters. The van der Waals surface area contributed by atoms with Gasteiger partial charge in [-0.2, -0.15) is 0 Å². The third kappa shape index (κ3) is 3.30. The molecule has 0 fully saturated rings. The predicted molar refractivity (Wildman–Crippen MR) is 70.9 cm³/mol. The van der Waals surface area contributed by atoms with Crippen LogP contribution in [0.15, 0.2) is 36.4 Å². The first-order chi connectivity index (χ1) is 9.47. The zero-order valence-corrected chi connectivity index (χ0v) is 10.8. The van der Waals surface area contributed by atoms with Crippen molar-refractivity contribution in [2.45, 2.75) is 13.0 Å². The van der Waals surface area contributed by atoms with Crippen LogP contribution in [0.3, 0.4) is 0 Å². The van der Waals surface area contributed by atoms with Crippen LogP contribution >= 0.6 is 0 Å². The SMILES string of the molecule is Cc1cc(F)ccc1NCC(O)c1ccc(F)cc1F. The fourth-order valence-corrected chi connectivity index (χ4v) is 1.91. The van der Waals surface area contributed by atoms with Crippen molar-refractivity contribution in [1.29, 1.82) is 0 Å². The Morgan fingerprint density at radius 2 is 1.70 bits per heavy atom. The molecule has 0 spiro atoms. The molecule has 2 N–H and O–H groups in total. The van der Waals surface area contributed by atoms with Crippen LogP contribution in [0.25, 0.3) is 0 Å². The highest BCUT2D eigenvalue weighted by Gasteiger charge is 2.13. The average Bonchev–Trinajstić information content (AvgIpc) is 2.37. The fourth-order valence-electron chi connectivity index (χ4n) is 1.91. The summed E-state index contributed by atoms with van der Waals surface area (Å²) in [6.07, 6.45) is -1.12. The average molecular weight is 281 g/mol. The Kier molecular flexibility index (Phi) is 4.29. The minimum atomic E-state index is -1.12. The Morgan fingerprint density at radius 3 is 2.35 bits per heavy atom. The number of nitrogens with one attached hydrogen (secondary N) is 1. The maximum absolute atomic E-state index is 13.5. The summed E-state index contributed by atoms with van der Waals surface area (Å²) in [6, 6.07) is 7.20. The number of benzene rings is 2. The molecule has 0 saturated carbocycles. The van der Waals surface area contributed by atoms with Crippen LogP contribution < -0.4 is 5.32 Å². The molecule has 0 bridgehead atoms. The van der Waals surface area contributed by atoms with E-state index in [1.54, 1.807) is 13.0 Å². The Hall–Kier alpha value is -2.01.